The Morgan fingerprint density at radius 3 is 2.75 bits per heavy atom. The number of anilines is 2. The molecule has 2 fully saturated rings. The molecule has 2 aliphatic rings. The highest BCUT2D eigenvalue weighted by molar-refractivity contribution is 5.88. The maximum absolute atomic E-state index is 12.5. The number of carbonyl (C=O) groups is 1. The molecular formula is C19H24N8O. The Labute approximate surface area is 162 Å². The summed E-state index contributed by atoms with van der Waals surface area (Å²) in [5, 5.41) is 8.17. The monoisotopic (exact) mass is 380 g/mol. The number of H-pyrrole nitrogens is 1. The first-order valence-electron chi connectivity index (χ1n) is 9.65. The SMILES string of the molecule is CN(c1ncnc2[nH]ccc12)[C@@H]1C[C@@H]2CN(C(=O)Nc3ccn(C)n3)C[C@@H]2C1. The molecule has 0 aromatic carbocycles. The highest BCUT2D eigenvalue weighted by Crippen LogP contribution is 2.41. The first-order chi connectivity index (χ1) is 13.6. The first kappa shape index (κ1) is 17.0. The van der Waals surface area contributed by atoms with E-state index in [0.29, 0.717) is 23.7 Å². The molecule has 28 heavy (non-hydrogen) atoms. The van der Waals surface area contributed by atoms with Gasteiger partial charge in [0, 0.05) is 51.7 Å². The van der Waals surface area contributed by atoms with Crippen molar-refractivity contribution in [2.45, 2.75) is 18.9 Å². The fourth-order valence-electron chi connectivity index (χ4n) is 4.73. The van der Waals surface area contributed by atoms with Gasteiger partial charge in [-0.3, -0.25) is 10.00 Å². The maximum Gasteiger partial charge on any atom is 0.323 e. The fraction of sp³-hybridized carbons (Fsp3) is 0.474. The van der Waals surface area contributed by atoms with Crippen molar-refractivity contribution in [1.29, 1.82) is 0 Å². The van der Waals surface area contributed by atoms with Crippen molar-refractivity contribution in [3.63, 3.8) is 0 Å². The number of amides is 2. The van der Waals surface area contributed by atoms with Crippen LogP contribution in [0.15, 0.2) is 30.9 Å². The van der Waals surface area contributed by atoms with Crippen LogP contribution in [0.5, 0.6) is 0 Å². The Hall–Kier alpha value is -3.10. The number of nitrogens with zero attached hydrogens (tertiary/aromatic N) is 6. The molecule has 0 spiro atoms. The Bertz CT molecular complexity index is 996. The average Bonchev–Trinajstić information content (AvgIpc) is 3.43. The van der Waals surface area contributed by atoms with Crippen molar-refractivity contribution in [3.05, 3.63) is 30.9 Å². The lowest BCUT2D eigenvalue weighted by Crippen LogP contribution is -2.36. The average molecular weight is 380 g/mol. The van der Waals surface area contributed by atoms with Gasteiger partial charge < -0.3 is 14.8 Å². The second-order valence-corrected chi connectivity index (χ2v) is 7.90. The standard InChI is InChI=1S/C19H24N8O/c1-25-6-4-16(24-25)23-19(28)27-9-12-7-14(8-13(12)10-27)26(2)18-15-3-5-20-17(15)21-11-22-18/h3-6,11-14H,7-10H2,1-2H3,(H,20,21,22)(H,23,24,28)/t12-,13+,14-. The van der Waals surface area contributed by atoms with E-state index in [1.54, 1.807) is 11.0 Å². The summed E-state index contributed by atoms with van der Waals surface area (Å²) in [5.74, 6) is 2.64. The van der Waals surface area contributed by atoms with Gasteiger partial charge in [0.2, 0.25) is 0 Å². The molecule has 1 saturated carbocycles. The molecule has 1 aliphatic carbocycles. The molecule has 9 nitrogen and oxygen atoms in total. The smallest absolute Gasteiger partial charge is 0.323 e. The van der Waals surface area contributed by atoms with E-state index in [4.69, 9.17) is 0 Å². The Morgan fingerprint density at radius 1 is 1.25 bits per heavy atom. The zero-order valence-electron chi connectivity index (χ0n) is 16.0. The molecule has 2 amide bonds. The van der Waals surface area contributed by atoms with Crippen molar-refractivity contribution in [1.82, 2.24) is 29.6 Å². The minimum Gasteiger partial charge on any atom is -0.356 e. The summed E-state index contributed by atoms with van der Waals surface area (Å²) < 4.78 is 1.68. The number of aromatic nitrogens is 5. The molecule has 0 radical (unpaired) electrons. The van der Waals surface area contributed by atoms with Gasteiger partial charge in [-0.1, -0.05) is 0 Å². The molecule has 0 unspecified atom stereocenters. The Balaban J connectivity index is 1.23. The lowest BCUT2D eigenvalue weighted by Gasteiger charge is -2.28. The number of carbonyl (C=O) groups excluding carboxylic acids is 1. The number of aryl methyl sites for hydroxylation is 1. The molecule has 4 heterocycles. The predicted molar refractivity (Wildman–Crippen MR) is 106 cm³/mol. The molecule has 2 N–H and O–H groups in total. The van der Waals surface area contributed by atoms with Gasteiger partial charge in [-0.15, -0.1) is 0 Å². The first-order valence-corrected chi connectivity index (χ1v) is 9.65. The largest absolute Gasteiger partial charge is 0.356 e. The lowest BCUT2D eigenvalue weighted by atomic mass is 10.0. The highest BCUT2D eigenvalue weighted by Gasteiger charge is 2.44. The molecule has 3 atom stereocenters. The van der Waals surface area contributed by atoms with E-state index in [1.807, 2.05) is 36.5 Å². The number of fused-ring (bicyclic) bond motifs is 2. The summed E-state index contributed by atoms with van der Waals surface area (Å²) in [6, 6.07) is 4.22. The van der Waals surface area contributed by atoms with E-state index in [1.165, 1.54) is 0 Å². The summed E-state index contributed by atoms with van der Waals surface area (Å²) in [6.45, 7) is 1.61. The van der Waals surface area contributed by atoms with Gasteiger partial charge in [0.25, 0.3) is 0 Å². The number of likely N-dealkylation sites (tertiary alicyclic amines) is 1. The van der Waals surface area contributed by atoms with E-state index >= 15 is 0 Å². The molecular weight excluding hydrogens is 356 g/mol. The third-order valence-electron chi connectivity index (χ3n) is 6.18. The topological polar surface area (TPSA) is 95.0 Å². The van der Waals surface area contributed by atoms with Crippen LogP contribution in [0.4, 0.5) is 16.4 Å². The number of aromatic amines is 1. The van der Waals surface area contributed by atoms with Gasteiger partial charge in [-0.25, -0.2) is 14.8 Å². The molecule has 5 rings (SSSR count). The highest BCUT2D eigenvalue weighted by atomic mass is 16.2. The summed E-state index contributed by atoms with van der Waals surface area (Å²) in [6.07, 6.45) is 7.49. The van der Waals surface area contributed by atoms with Gasteiger partial charge >= 0.3 is 6.03 Å². The number of hydrogen-bond acceptors (Lipinski definition) is 5. The van der Waals surface area contributed by atoms with Crippen LogP contribution in [0.3, 0.4) is 0 Å². The summed E-state index contributed by atoms with van der Waals surface area (Å²) in [4.78, 5) is 28.7. The quantitative estimate of drug-likeness (QED) is 0.725. The molecule has 3 aromatic rings. The van der Waals surface area contributed by atoms with Gasteiger partial charge in [0.15, 0.2) is 5.82 Å². The van der Waals surface area contributed by atoms with Crippen molar-refractivity contribution >= 4 is 28.7 Å². The summed E-state index contributed by atoms with van der Waals surface area (Å²) in [5.41, 5.74) is 0.868. The zero-order valence-corrected chi connectivity index (χ0v) is 16.0. The summed E-state index contributed by atoms with van der Waals surface area (Å²) in [7, 11) is 3.96. The second kappa shape index (κ2) is 6.50. The Kier molecular flexibility index (Phi) is 3.96. The van der Waals surface area contributed by atoms with Crippen LogP contribution in [0.2, 0.25) is 0 Å². The normalized spacial score (nSPS) is 23.9. The molecule has 1 aliphatic heterocycles. The molecule has 0 bridgehead atoms. The van der Waals surface area contributed by atoms with Gasteiger partial charge in [0.1, 0.15) is 17.8 Å². The Morgan fingerprint density at radius 2 is 2.04 bits per heavy atom. The van der Waals surface area contributed by atoms with Crippen LogP contribution < -0.4 is 10.2 Å². The van der Waals surface area contributed by atoms with E-state index < -0.39 is 0 Å². The molecule has 9 heteroatoms. The van der Waals surface area contributed by atoms with E-state index in [9.17, 15) is 4.79 Å². The van der Waals surface area contributed by atoms with Gasteiger partial charge in [-0.2, -0.15) is 5.10 Å². The van der Waals surface area contributed by atoms with Crippen molar-refractivity contribution in [3.8, 4) is 0 Å². The fourth-order valence-corrected chi connectivity index (χ4v) is 4.73. The predicted octanol–water partition coefficient (Wildman–Crippen LogP) is 2.07. The van der Waals surface area contributed by atoms with Crippen LogP contribution in [-0.4, -0.2) is 61.8 Å². The van der Waals surface area contributed by atoms with E-state index in [2.05, 4.69) is 37.3 Å². The lowest BCUT2D eigenvalue weighted by molar-refractivity contribution is 0.218. The minimum absolute atomic E-state index is 0.0529. The van der Waals surface area contributed by atoms with Crippen molar-refractivity contribution in [2.24, 2.45) is 18.9 Å². The third-order valence-corrected chi connectivity index (χ3v) is 6.18. The van der Waals surface area contributed by atoms with Crippen molar-refractivity contribution < 1.29 is 4.79 Å². The van der Waals surface area contributed by atoms with Crippen LogP contribution in [0.1, 0.15) is 12.8 Å². The van der Waals surface area contributed by atoms with Crippen LogP contribution >= 0.6 is 0 Å². The second-order valence-electron chi connectivity index (χ2n) is 7.90. The summed E-state index contributed by atoms with van der Waals surface area (Å²) >= 11 is 0. The number of nitrogens with one attached hydrogen (secondary N) is 2. The molecule has 146 valence electrons. The van der Waals surface area contributed by atoms with Gasteiger partial charge in [-0.05, 0) is 30.7 Å². The minimum atomic E-state index is -0.0529. The van der Waals surface area contributed by atoms with Crippen LogP contribution in [0, 0.1) is 11.8 Å². The maximum atomic E-state index is 12.5. The molecule has 1 saturated heterocycles. The zero-order chi connectivity index (χ0) is 19.3. The van der Waals surface area contributed by atoms with E-state index in [0.717, 1.165) is 42.8 Å². The van der Waals surface area contributed by atoms with Crippen LogP contribution in [-0.2, 0) is 7.05 Å². The van der Waals surface area contributed by atoms with Crippen molar-refractivity contribution in [2.75, 3.05) is 30.4 Å². The van der Waals surface area contributed by atoms with E-state index in [-0.39, 0.29) is 6.03 Å². The third kappa shape index (κ3) is 2.87. The van der Waals surface area contributed by atoms with Gasteiger partial charge in [0.05, 0.1) is 5.39 Å². The number of rotatable bonds is 3. The molecule has 3 aromatic heterocycles. The number of urea groups is 1. The van der Waals surface area contributed by atoms with Crippen LogP contribution in [0.25, 0.3) is 11.0 Å². The number of hydrogen-bond donors (Lipinski definition) is 2.